The number of allylic oxidation sites excluding steroid dienone is 1. The molecule has 2 atom stereocenters. The van der Waals surface area contributed by atoms with Crippen LogP contribution in [-0.2, 0) is 14.4 Å². The van der Waals surface area contributed by atoms with Crippen LogP contribution in [0.1, 0.15) is 18.7 Å². The number of carboxylic acids is 1. The number of aliphatic carboxylic acids is 1. The number of β-lactam (4-membered cyclic amide) rings is 1. The molecular weight excluding hydrogens is 450 g/mol. The summed E-state index contributed by atoms with van der Waals surface area (Å²) in [5.41, 5.74) is 4.79. The van der Waals surface area contributed by atoms with Crippen LogP contribution in [0.3, 0.4) is 0 Å². The minimum absolute atomic E-state index is 0.0709. The molecule has 14 nitrogen and oxygen atoms in total. The summed E-state index contributed by atoms with van der Waals surface area (Å²) in [7, 11) is 0. The highest BCUT2D eigenvalue weighted by Gasteiger charge is 2.54. The average Bonchev–Trinajstić information content (AvgIpc) is 3.18. The minimum atomic E-state index is -1.28. The van der Waals surface area contributed by atoms with Crippen molar-refractivity contribution >= 4 is 51.9 Å². The van der Waals surface area contributed by atoms with Gasteiger partial charge in [0.05, 0.1) is 6.04 Å². The summed E-state index contributed by atoms with van der Waals surface area (Å²) in [6.07, 6.45) is 3.30. The van der Waals surface area contributed by atoms with Crippen LogP contribution in [0.5, 0.6) is 0 Å². The van der Waals surface area contributed by atoms with E-state index in [1.165, 1.54) is 12.7 Å². The van der Waals surface area contributed by atoms with Gasteiger partial charge in [-0.2, -0.15) is 9.36 Å². The Labute approximate surface area is 181 Å². The number of anilines is 1. The van der Waals surface area contributed by atoms with Crippen LogP contribution in [-0.4, -0.2) is 75.1 Å². The quantitative estimate of drug-likeness (QED) is 0.177. The lowest BCUT2D eigenvalue weighted by Crippen LogP contribution is -2.72. The maximum absolute atomic E-state index is 12.7. The van der Waals surface area contributed by atoms with E-state index in [-0.39, 0.29) is 16.7 Å². The van der Waals surface area contributed by atoms with Crippen LogP contribution in [0.15, 0.2) is 33.6 Å². The molecule has 16 heteroatoms. The normalized spacial score (nSPS) is 20.8. The minimum Gasteiger partial charge on any atom is -0.477 e. The van der Waals surface area contributed by atoms with Gasteiger partial charge in [-0.1, -0.05) is 16.9 Å². The van der Waals surface area contributed by atoms with Crippen molar-refractivity contribution in [3.8, 4) is 0 Å². The Hall–Kier alpha value is -3.66. The third-order valence-corrected chi connectivity index (χ3v) is 6.11. The Bertz CT molecular complexity index is 1120. The molecule has 0 aliphatic carbocycles. The number of hydrogen-bond donors (Lipinski definition) is 4. The van der Waals surface area contributed by atoms with Crippen LogP contribution < -0.4 is 11.1 Å². The Morgan fingerprint density at radius 1 is 1.35 bits per heavy atom. The van der Waals surface area contributed by atoms with E-state index in [0.717, 1.165) is 28.2 Å². The Morgan fingerprint density at radius 3 is 2.71 bits per heavy atom. The van der Waals surface area contributed by atoms with Gasteiger partial charge in [0, 0.05) is 16.4 Å². The Kier molecular flexibility index (Phi) is 5.47. The predicted octanol–water partition coefficient (Wildman–Crippen LogP) is -0.939. The average molecular weight is 463 g/mol. The number of nitrogens with two attached hydrogens (primary N) is 1. The summed E-state index contributed by atoms with van der Waals surface area (Å²) in [5, 5.41) is 24.6. The number of carbonyl (C=O) groups is 3. The lowest BCUT2D eigenvalue weighted by atomic mass is 9.86. The van der Waals surface area contributed by atoms with Crippen molar-refractivity contribution in [2.45, 2.75) is 30.1 Å². The third-order valence-electron chi connectivity index (χ3n) is 4.53. The number of carbonyl (C=O) groups excluding carboxylic acids is 2. The molecule has 5 N–H and O–H groups in total. The summed E-state index contributed by atoms with van der Waals surface area (Å²) in [6.45, 7) is 0. The van der Waals surface area contributed by atoms with Crippen LogP contribution in [0.2, 0.25) is 0 Å². The summed E-state index contributed by atoms with van der Waals surface area (Å²) < 4.78 is 3.80. The first-order valence-corrected chi connectivity index (χ1v) is 10.2. The Balaban J connectivity index is 1.52. The number of amides is 2. The summed E-state index contributed by atoms with van der Waals surface area (Å²) in [5.74, 6) is -2.95. The predicted molar refractivity (Wildman–Crippen MR) is 105 cm³/mol. The van der Waals surface area contributed by atoms with E-state index in [1.54, 1.807) is 0 Å². The molecule has 0 radical (unpaired) electrons. The van der Waals surface area contributed by atoms with E-state index in [9.17, 15) is 19.5 Å². The molecule has 0 spiro atoms. The van der Waals surface area contributed by atoms with E-state index in [0.29, 0.717) is 22.9 Å². The van der Waals surface area contributed by atoms with E-state index >= 15 is 0 Å². The van der Waals surface area contributed by atoms with Crippen LogP contribution in [0, 0.1) is 0 Å². The van der Waals surface area contributed by atoms with E-state index in [4.69, 9.17) is 10.9 Å². The molecule has 2 aliphatic heterocycles. The number of nitrogens with one attached hydrogen (secondary N) is 1. The number of nitrogen functional groups attached to an aromatic ring is 1. The fourth-order valence-corrected chi connectivity index (χ4v) is 4.61. The number of thioether (sulfide) groups is 1. The van der Waals surface area contributed by atoms with E-state index in [2.05, 4.69) is 34.8 Å². The van der Waals surface area contributed by atoms with Gasteiger partial charge in [-0.3, -0.25) is 14.5 Å². The zero-order valence-corrected chi connectivity index (χ0v) is 17.0. The molecule has 2 aliphatic rings. The van der Waals surface area contributed by atoms with E-state index in [1.807, 2.05) is 0 Å². The molecule has 2 aromatic rings. The largest absolute Gasteiger partial charge is 0.477 e. The fourth-order valence-electron chi connectivity index (χ4n) is 3.25. The summed E-state index contributed by atoms with van der Waals surface area (Å²) >= 11 is 1.85. The molecule has 2 aromatic heterocycles. The highest BCUT2D eigenvalue weighted by molar-refractivity contribution is 8.03. The highest BCUT2D eigenvalue weighted by atomic mass is 32.2. The van der Waals surface area contributed by atoms with Crippen LogP contribution in [0.4, 0.5) is 5.13 Å². The smallest absolute Gasteiger partial charge is 0.353 e. The number of nitrogens with zero attached hydrogens (tertiary/aromatic N) is 7. The third kappa shape index (κ3) is 3.77. The number of aromatic nitrogens is 5. The molecule has 0 aromatic carbocycles. The molecule has 0 saturated carbocycles. The maximum atomic E-state index is 12.7. The Morgan fingerprint density at radius 2 is 2.10 bits per heavy atom. The number of fused-ring (bicyclic) bond motifs is 1. The van der Waals surface area contributed by atoms with Gasteiger partial charge < -0.3 is 21.4 Å². The van der Waals surface area contributed by atoms with Crippen molar-refractivity contribution in [1.82, 2.24) is 34.5 Å². The lowest BCUT2D eigenvalue weighted by Gasteiger charge is -2.49. The number of oxime groups is 1. The van der Waals surface area contributed by atoms with Crippen LogP contribution >= 0.6 is 23.3 Å². The second-order valence-electron chi connectivity index (χ2n) is 6.27. The molecule has 2 amide bonds. The first-order valence-electron chi connectivity index (χ1n) is 8.62. The van der Waals surface area contributed by atoms with Gasteiger partial charge in [-0.15, -0.1) is 0 Å². The molecule has 2 unspecified atom stereocenters. The molecule has 31 heavy (non-hydrogen) atoms. The summed E-state index contributed by atoms with van der Waals surface area (Å²) in [6, 6.07) is -1.56. The zero-order valence-electron chi connectivity index (χ0n) is 15.4. The molecular formula is C15H13N9O5S2. The molecule has 160 valence electrons. The van der Waals surface area contributed by atoms with Crippen molar-refractivity contribution in [2.75, 3.05) is 5.73 Å². The zero-order chi connectivity index (χ0) is 22.1. The van der Waals surface area contributed by atoms with Crippen molar-refractivity contribution < 1.29 is 24.7 Å². The van der Waals surface area contributed by atoms with Crippen LogP contribution in [0.25, 0.3) is 0 Å². The van der Waals surface area contributed by atoms with Crippen molar-refractivity contribution in [3.05, 3.63) is 29.1 Å². The molecule has 0 bridgehead atoms. The second kappa shape index (κ2) is 8.23. The summed E-state index contributed by atoms with van der Waals surface area (Å²) in [4.78, 5) is 54.0. The van der Waals surface area contributed by atoms with Gasteiger partial charge in [-0.25, -0.2) is 19.7 Å². The molecule has 1 saturated heterocycles. The molecule has 1 fully saturated rings. The highest BCUT2D eigenvalue weighted by Crippen LogP contribution is 2.42. The van der Waals surface area contributed by atoms with Gasteiger partial charge in [0.1, 0.15) is 24.4 Å². The maximum Gasteiger partial charge on any atom is 0.353 e. The SMILES string of the molecule is Nc1nc(/C(=N/O)C(=O)NC2C(=O)N3C(C(=O)O)=C(Sc4ncncn4)CCC23)ns1. The lowest BCUT2D eigenvalue weighted by molar-refractivity contribution is -0.155. The van der Waals surface area contributed by atoms with Crippen molar-refractivity contribution in [2.24, 2.45) is 5.16 Å². The van der Waals surface area contributed by atoms with Crippen molar-refractivity contribution in [1.29, 1.82) is 0 Å². The number of carboxylic acid groups (broad SMARTS) is 1. The van der Waals surface area contributed by atoms with Crippen molar-refractivity contribution in [3.63, 3.8) is 0 Å². The fraction of sp³-hybridized carbons (Fsp3) is 0.267. The van der Waals surface area contributed by atoms with Gasteiger partial charge in [0.15, 0.2) is 10.3 Å². The standard InChI is InChI=1S/C15H13N9O5S2/c16-14-21-10(23-31-14)8(22-29)11(25)20-7-5-1-2-6(30-15-18-3-17-4-19-15)9(13(27)28)24(5)12(7)26/h3-5,7,29H,1-2H2,(H,20,25)(H,27,28)(H2,16,21,23)/b22-8-. The van der Waals surface area contributed by atoms with E-state index < -0.39 is 35.6 Å². The first kappa shape index (κ1) is 20.6. The van der Waals surface area contributed by atoms with Gasteiger partial charge in [-0.05, 0) is 12.8 Å². The molecule has 4 rings (SSSR count). The topological polar surface area (TPSA) is 210 Å². The monoisotopic (exact) mass is 463 g/mol. The molecule has 4 heterocycles. The van der Waals surface area contributed by atoms with Gasteiger partial charge in [0.2, 0.25) is 11.5 Å². The number of hydrogen-bond acceptors (Lipinski definition) is 13. The van der Waals surface area contributed by atoms with Gasteiger partial charge in [0.25, 0.3) is 11.8 Å². The first-order chi connectivity index (χ1) is 14.9. The van der Waals surface area contributed by atoms with Gasteiger partial charge >= 0.3 is 5.97 Å². The number of rotatable bonds is 6. The second-order valence-corrected chi connectivity index (χ2v) is 8.12.